The highest BCUT2D eigenvalue weighted by Crippen LogP contribution is 2.33. The molecule has 4 rings (SSSR count). The number of nitrogens with zero attached hydrogens (tertiary/aromatic N) is 3. The van der Waals surface area contributed by atoms with Crippen LogP contribution in [0, 0.1) is 0 Å². The fourth-order valence-electron chi connectivity index (χ4n) is 3.18. The number of hydrogen-bond donors (Lipinski definition) is 3. The predicted molar refractivity (Wildman–Crippen MR) is 124 cm³/mol. The fourth-order valence-corrected chi connectivity index (χ4v) is 4.01. The summed E-state index contributed by atoms with van der Waals surface area (Å²) in [5, 5.41) is 29.3. The maximum absolute atomic E-state index is 11.7. The van der Waals surface area contributed by atoms with Gasteiger partial charge in [-0.3, -0.25) is 9.79 Å². The summed E-state index contributed by atoms with van der Waals surface area (Å²) in [6.07, 6.45) is 0. The van der Waals surface area contributed by atoms with E-state index in [2.05, 4.69) is 16.9 Å². The van der Waals surface area contributed by atoms with E-state index >= 15 is 0 Å². The first-order valence-corrected chi connectivity index (χ1v) is 10.7. The highest BCUT2D eigenvalue weighted by Gasteiger charge is 2.18. The first kappa shape index (κ1) is 21.4. The van der Waals surface area contributed by atoms with Gasteiger partial charge in [0.1, 0.15) is 17.2 Å². The molecule has 0 aliphatic carbocycles. The molecule has 0 saturated heterocycles. The van der Waals surface area contributed by atoms with Crippen molar-refractivity contribution in [2.45, 2.75) is 13.8 Å². The molecular formula is C23H22N4O4S. The van der Waals surface area contributed by atoms with Crippen molar-refractivity contribution in [1.29, 1.82) is 0 Å². The van der Waals surface area contributed by atoms with Gasteiger partial charge in [-0.2, -0.15) is 5.10 Å². The molecular weight excluding hydrogens is 428 g/mol. The molecule has 8 nitrogen and oxygen atoms in total. The van der Waals surface area contributed by atoms with Crippen LogP contribution in [-0.4, -0.2) is 39.7 Å². The topological polar surface area (TPSA) is 108 Å². The normalized spacial score (nSPS) is 14.0. The van der Waals surface area contributed by atoms with Gasteiger partial charge in [0.15, 0.2) is 6.61 Å². The Bertz CT molecular complexity index is 1320. The number of ether oxygens (including phenoxy) is 1. The minimum atomic E-state index is -0.207. The molecule has 2 aromatic carbocycles. The molecule has 2 heterocycles. The van der Waals surface area contributed by atoms with Crippen LogP contribution in [0.15, 0.2) is 64.0 Å². The average molecular weight is 451 g/mol. The summed E-state index contributed by atoms with van der Waals surface area (Å²) >= 11 is 1.42. The second-order valence-corrected chi connectivity index (χ2v) is 8.26. The lowest BCUT2D eigenvalue weighted by Crippen LogP contribution is -2.25. The number of aromatic hydroxyl groups is 2. The Kier molecular flexibility index (Phi) is 5.83. The second-order valence-electron chi connectivity index (χ2n) is 7.42. The van der Waals surface area contributed by atoms with E-state index in [1.807, 2.05) is 24.4 Å². The molecule has 3 N–H and O–H groups in total. The van der Waals surface area contributed by atoms with Crippen molar-refractivity contribution in [1.82, 2.24) is 4.68 Å². The van der Waals surface area contributed by atoms with Crippen LogP contribution in [0.2, 0.25) is 0 Å². The van der Waals surface area contributed by atoms with Crippen LogP contribution in [0.25, 0.3) is 11.3 Å². The van der Waals surface area contributed by atoms with E-state index in [1.165, 1.54) is 23.5 Å². The number of phenols is 2. The lowest BCUT2D eigenvalue weighted by molar-refractivity contribution is -0.118. The Morgan fingerprint density at radius 1 is 1.25 bits per heavy atom. The summed E-state index contributed by atoms with van der Waals surface area (Å²) in [6.45, 7) is 8.02. The van der Waals surface area contributed by atoms with Crippen molar-refractivity contribution in [3.63, 3.8) is 0 Å². The summed E-state index contributed by atoms with van der Waals surface area (Å²) < 4.78 is 7.15. The van der Waals surface area contributed by atoms with Crippen molar-refractivity contribution in [2.75, 3.05) is 18.5 Å². The molecule has 1 amide bonds. The number of aromatic nitrogens is 1. The molecule has 164 valence electrons. The van der Waals surface area contributed by atoms with Gasteiger partial charge >= 0.3 is 0 Å². The number of carbonyl (C=O) groups excluding carboxylic acids is 1. The zero-order valence-electron chi connectivity index (χ0n) is 17.6. The number of thiazole rings is 1. The van der Waals surface area contributed by atoms with Gasteiger partial charge < -0.3 is 20.3 Å². The molecule has 0 fully saturated rings. The number of nitrogens with one attached hydrogen (secondary N) is 1. The van der Waals surface area contributed by atoms with Crippen LogP contribution in [0.4, 0.5) is 5.69 Å². The van der Waals surface area contributed by atoms with Gasteiger partial charge in [-0.1, -0.05) is 12.2 Å². The monoisotopic (exact) mass is 450 g/mol. The third-order valence-corrected chi connectivity index (χ3v) is 5.55. The first-order valence-electron chi connectivity index (χ1n) is 9.82. The quantitative estimate of drug-likeness (QED) is 0.407. The summed E-state index contributed by atoms with van der Waals surface area (Å²) in [6, 6.07) is 9.89. The second kappa shape index (κ2) is 8.72. The molecule has 0 spiro atoms. The molecule has 0 radical (unpaired) electrons. The Hall–Kier alpha value is -3.85. The Morgan fingerprint density at radius 3 is 2.81 bits per heavy atom. The third-order valence-electron chi connectivity index (χ3n) is 4.70. The maximum Gasteiger partial charge on any atom is 0.262 e. The minimum Gasteiger partial charge on any atom is -0.508 e. The van der Waals surface area contributed by atoms with Gasteiger partial charge in [-0.25, -0.2) is 4.68 Å². The standard InChI is InChI=1S/C23H22N4O4S/c1-13(2)10-24-23-27(26-14(3)17-6-5-16(28)9-20(17)29)19(12-32-23)15-4-7-21-18(8-15)25-22(30)11-31-21/h4-9,12,28-29H,1,10-11H2,2-3H3,(H,25,30). The smallest absolute Gasteiger partial charge is 0.262 e. The first-order chi connectivity index (χ1) is 15.3. The molecule has 3 aromatic rings. The van der Waals surface area contributed by atoms with Crippen LogP contribution in [0.3, 0.4) is 0 Å². The van der Waals surface area contributed by atoms with Gasteiger partial charge in [0.05, 0.1) is 23.6 Å². The van der Waals surface area contributed by atoms with Crippen molar-refractivity contribution in [3.8, 4) is 28.5 Å². The zero-order valence-corrected chi connectivity index (χ0v) is 18.4. The van der Waals surface area contributed by atoms with E-state index in [0.29, 0.717) is 34.1 Å². The molecule has 0 unspecified atom stereocenters. The maximum atomic E-state index is 11.7. The molecule has 0 saturated carbocycles. The molecule has 0 bridgehead atoms. The number of benzene rings is 2. The van der Waals surface area contributed by atoms with E-state index in [4.69, 9.17) is 9.84 Å². The molecule has 9 heteroatoms. The number of phenolic OH excluding ortho intramolecular Hbond substituents is 2. The van der Waals surface area contributed by atoms with Crippen LogP contribution < -0.4 is 14.9 Å². The van der Waals surface area contributed by atoms with Gasteiger partial charge in [-0.15, -0.1) is 11.3 Å². The number of amides is 1. The largest absolute Gasteiger partial charge is 0.508 e. The minimum absolute atomic E-state index is 0.00561. The van der Waals surface area contributed by atoms with Gasteiger partial charge in [0.2, 0.25) is 4.80 Å². The lowest BCUT2D eigenvalue weighted by atomic mass is 10.1. The van der Waals surface area contributed by atoms with Gasteiger partial charge in [-0.05, 0) is 44.2 Å². The highest BCUT2D eigenvalue weighted by atomic mass is 32.1. The van der Waals surface area contributed by atoms with Gasteiger partial charge in [0, 0.05) is 22.6 Å². The Balaban J connectivity index is 1.84. The van der Waals surface area contributed by atoms with Crippen molar-refractivity contribution >= 4 is 28.6 Å². The number of fused-ring (bicyclic) bond motifs is 1. The van der Waals surface area contributed by atoms with Gasteiger partial charge in [0.25, 0.3) is 5.91 Å². The van der Waals surface area contributed by atoms with Crippen molar-refractivity contribution in [3.05, 3.63) is 64.3 Å². The predicted octanol–water partition coefficient (Wildman–Crippen LogP) is 3.71. The molecule has 1 aliphatic heterocycles. The summed E-state index contributed by atoms with van der Waals surface area (Å²) in [5.74, 6) is 0.300. The van der Waals surface area contributed by atoms with E-state index in [-0.39, 0.29) is 24.0 Å². The molecule has 1 aromatic heterocycles. The Labute approximate surface area is 188 Å². The van der Waals surface area contributed by atoms with Crippen LogP contribution in [-0.2, 0) is 4.79 Å². The number of rotatable bonds is 5. The molecule has 1 aliphatic rings. The zero-order chi connectivity index (χ0) is 22.8. The summed E-state index contributed by atoms with van der Waals surface area (Å²) in [4.78, 5) is 17.0. The fraction of sp³-hybridized carbons (Fsp3) is 0.174. The van der Waals surface area contributed by atoms with Crippen molar-refractivity contribution < 1.29 is 19.7 Å². The van der Waals surface area contributed by atoms with E-state index in [1.54, 1.807) is 23.7 Å². The lowest BCUT2D eigenvalue weighted by Gasteiger charge is -2.18. The van der Waals surface area contributed by atoms with Crippen LogP contribution >= 0.6 is 11.3 Å². The summed E-state index contributed by atoms with van der Waals surface area (Å²) in [5.41, 5.74) is 4.11. The molecule has 0 atom stereocenters. The highest BCUT2D eigenvalue weighted by molar-refractivity contribution is 7.07. The number of carbonyl (C=O) groups is 1. The number of hydrogen-bond acceptors (Lipinski definition) is 7. The Morgan fingerprint density at radius 2 is 2.06 bits per heavy atom. The van der Waals surface area contributed by atoms with Crippen LogP contribution in [0.5, 0.6) is 17.2 Å². The molecule has 32 heavy (non-hydrogen) atoms. The average Bonchev–Trinajstić information content (AvgIpc) is 3.13. The summed E-state index contributed by atoms with van der Waals surface area (Å²) in [7, 11) is 0. The number of anilines is 1. The SMILES string of the molecule is C=C(C)CN=c1scc(-c2ccc3c(c2)NC(=O)CO3)n1N=C(C)c1ccc(O)cc1O. The third kappa shape index (κ3) is 4.42. The van der Waals surface area contributed by atoms with E-state index in [9.17, 15) is 15.0 Å². The van der Waals surface area contributed by atoms with Crippen molar-refractivity contribution in [2.24, 2.45) is 10.1 Å². The van der Waals surface area contributed by atoms with Crippen LogP contribution in [0.1, 0.15) is 19.4 Å². The van der Waals surface area contributed by atoms with E-state index < -0.39 is 0 Å². The van der Waals surface area contributed by atoms with E-state index in [0.717, 1.165) is 16.8 Å².